The third-order valence-corrected chi connectivity index (χ3v) is 5.10. The molecule has 1 atom stereocenters. The summed E-state index contributed by atoms with van der Waals surface area (Å²) in [6, 6.07) is 2.85. The molecule has 0 unspecified atom stereocenters. The first-order chi connectivity index (χ1) is 13.2. The van der Waals surface area contributed by atoms with Gasteiger partial charge in [0.05, 0.1) is 22.9 Å². The molecular formula is C20H25N5O3. The number of aromatic nitrogens is 3. The van der Waals surface area contributed by atoms with E-state index in [1.807, 2.05) is 25.9 Å². The number of ketones is 1. The van der Waals surface area contributed by atoms with Crippen molar-refractivity contribution in [3.05, 3.63) is 52.6 Å². The predicted molar refractivity (Wildman–Crippen MR) is 104 cm³/mol. The zero-order valence-electron chi connectivity index (χ0n) is 16.8. The number of carbonyl (C=O) groups excluding carboxylic acids is 2. The number of carbonyl (C=O) groups is 2. The van der Waals surface area contributed by atoms with Crippen LogP contribution in [-0.4, -0.2) is 68.5 Å². The Morgan fingerprint density at radius 3 is 2.39 bits per heavy atom. The number of hydrogen-bond donors (Lipinski definition) is 1. The first kappa shape index (κ1) is 19.8. The van der Waals surface area contributed by atoms with E-state index in [1.54, 1.807) is 43.2 Å². The van der Waals surface area contributed by atoms with E-state index in [0.717, 1.165) is 11.3 Å². The van der Waals surface area contributed by atoms with Crippen molar-refractivity contribution in [1.82, 2.24) is 24.6 Å². The number of likely N-dealkylation sites (N-methyl/N-ethyl adjacent to an activating group) is 1. The van der Waals surface area contributed by atoms with Crippen molar-refractivity contribution in [3.63, 3.8) is 0 Å². The average Bonchev–Trinajstić information content (AvgIpc) is 3.06. The topological polar surface area (TPSA) is 91.6 Å². The third kappa shape index (κ3) is 3.31. The normalized spacial score (nSPS) is 19.1. The molecule has 1 aliphatic heterocycles. The Morgan fingerprint density at radius 1 is 1.21 bits per heavy atom. The van der Waals surface area contributed by atoms with Gasteiger partial charge in [-0.2, -0.15) is 5.10 Å². The second-order valence-corrected chi connectivity index (χ2v) is 7.25. The zero-order valence-corrected chi connectivity index (χ0v) is 16.8. The van der Waals surface area contributed by atoms with E-state index in [0.29, 0.717) is 24.3 Å². The van der Waals surface area contributed by atoms with Gasteiger partial charge in [0.1, 0.15) is 5.76 Å². The van der Waals surface area contributed by atoms with Crippen molar-refractivity contribution in [1.29, 1.82) is 0 Å². The number of Topliss-reactive ketones (excluding diaryl/α,β-unsaturated/α-hetero) is 1. The molecular weight excluding hydrogens is 358 g/mol. The Kier molecular flexibility index (Phi) is 5.33. The second-order valence-electron chi connectivity index (χ2n) is 7.25. The molecule has 1 aliphatic rings. The highest BCUT2D eigenvalue weighted by Crippen LogP contribution is 2.39. The summed E-state index contributed by atoms with van der Waals surface area (Å²) in [5.41, 5.74) is 2.64. The quantitative estimate of drug-likeness (QED) is 0.477. The number of likely N-dealkylation sites (tertiary alicyclic amines) is 1. The molecule has 2 aromatic heterocycles. The maximum atomic E-state index is 12.9. The lowest BCUT2D eigenvalue weighted by Gasteiger charge is -2.26. The maximum absolute atomic E-state index is 12.9. The van der Waals surface area contributed by atoms with Crippen LogP contribution in [0.15, 0.2) is 30.1 Å². The molecule has 8 nitrogen and oxygen atoms in total. The van der Waals surface area contributed by atoms with Crippen molar-refractivity contribution < 1.29 is 14.7 Å². The van der Waals surface area contributed by atoms with Gasteiger partial charge in [-0.25, -0.2) is 0 Å². The summed E-state index contributed by atoms with van der Waals surface area (Å²) < 4.78 is 1.65. The smallest absolute Gasteiger partial charge is 0.295 e. The number of pyridine rings is 1. The van der Waals surface area contributed by atoms with Crippen LogP contribution >= 0.6 is 0 Å². The van der Waals surface area contributed by atoms with Crippen LogP contribution in [-0.2, 0) is 16.6 Å². The molecule has 0 radical (unpaired) electrons. The minimum Gasteiger partial charge on any atom is -0.507 e. The van der Waals surface area contributed by atoms with Crippen molar-refractivity contribution in [3.8, 4) is 0 Å². The lowest BCUT2D eigenvalue weighted by molar-refractivity contribution is -0.140. The molecule has 1 amide bonds. The summed E-state index contributed by atoms with van der Waals surface area (Å²) in [6.07, 6.45) is 3.23. The van der Waals surface area contributed by atoms with E-state index in [1.165, 1.54) is 4.90 Å². The molecule has 0 aromatic carbocycles. The summed E-state index contributed by atoms with van der Waals surface area (Å²) in [4.78, 5) is 33.2. The number of rotatable bonds is 5. The molecule has 0 saturated carbocycles. The van der Waals surface area contributed by atoms with E-state index in [4.69, 9.17) is 0 Å². The number of aliphatic hydroxyl groups is 1. The van der Waals surface area contributed by atoms with Gasteiger partial charge in [0.25, 0.3) is 11.7 Å². The van der Waals surface area contributed by atoms with Crippen LogP contribution in [0.25, 0.3) is 5.76 Å². The predicted octanol–water partition coefficient (Wildman–Crippen LogP) is 1.42. The number of amides is 1. The highest BCUT2D eigenvalue weighted by molar-refractivity contribution is 6.46. The minimum atomic E-state index is -0.680. The Morgan fingerprint density at radius 2 is 1.86 bits per heavy atom. The van der Waals surface area contributed by atoms with Crippen LogP contribution in [0.5, 0.6) is 0 Å². The molecule has 0 spiro atoms. The summed E-state index contributed by atoms with van der Waals surface area (Å²) in [5, 5.41) is 15.4. The highest BCUT2D eigenvalue weighted by atomic mass is 16.3. The summed E-state index contributed by atoms with van der Waals surface area (Å²) >= 11 is 0. The molecule has 28 heavy (non-hydrogen) atoms. The summed E-state index contributed by atoms with van der Waals surface area (Å²) in [5.74, 6) is -1.47. The fraction of sp³-hybridized carbons (Fsp3) is 0.400. The molecule has 1 N–H and O–H groups in total. The van der Waals surface area contributed by atoms with Crippen molar-refractivity contribution in [2.45, 2.75) is 19.9 Å². The molecule has 148 valence electrons. The summed E-state index contributed by atoms with van der Waals surface area (Å²) in [6.45, 7) is 4.55. The molecule has 0 bridgehead atoms. The standard InChI is InChI=1S/C20H25N5O3/c1-12-15(13(2)24(5)22-12)18(26)16-17(14-6-8-21-9-7-14)25(11-10-23(3)4)20(28)19(16)27/h6-9,17,26H,10-11H2,1-5H3/t17-/m1/s1. The van der Waals surface area contributed by atoms with Gasteiger partial charge in [-0.3, -0.25) is 19.3 Å². The van der Waals surface area contributed by atoms with E-state index >= 15 is 0 Å². The monoisotopic (exact) mass is 383 g/mol. The Balaban J connectivity index is 2.19. The molecule has 8 heteroatoms. The number of hydrogen-bond acceptors (Lipinski definition) is 6. The molecule has 1 fully saturated rings. The van der Waals surface area contributed by atoms with Crippen LogP contribution in [0, 0.1) is 13.8 Å². The Bertz CT molecular complexity index is 946. The Hall–Kier alpha value is -3.00. The lowest BCUT2D eigenvalue weighted by atomic mass is 9.95. The SMILES string of the molecule is Cc1nn(C)c(C)c1C(O)=C1C(=O)C(=O)N(CCN(C)C)[C@@H]1c1ccncc1. The van der Waals surface area contributed by atoms with Crippen LogP contribution in [0.2, 0.25) is 0 Å². The van der Waals surface area contributed by atoms with E-state index in [9.17, 15) is 14.7 Å². The first-order valence-corrected chi connectivity index (χ1v) is 9.07. The van der Waals surface area contributed by atoms with Crippen LogP contribution in [0.4, 0.5) is 0 Å². The van der Waals surface area contributed by atoms with Gasteiger partial charge in [0.15, 0.2) is 0 Å². The highest BCUT2D eigenvalue weighted by Gasteiger charge is 2.46. The number of aryl methyl sites for hydroxylation is 2. The zero-order chi connectivity index (χ0) is 20.6. The van der Waals surface area contributed by atoms with Crippen molar-refractivity contribution in [2.75, 3.05) is 27.2 Å². The average molecular weight is 383 g/mol. The van der Waals surface area contributed by atoms with Crippen LogP contribution in [0.3, 0.4) is 0 Å². The first-order valence-electron chi connectivity index (χ1n) is 9.07. The molecule has 3 heterocycles. The minimum absolute atomic E-state index is 0.0918. The lowest BCUT2D eigenvalue weighted by Crippen LogP contribution is -2.35. The second kappa shape index (κ2) is 7.55. The number of nitrogens with zero attached hydrogens (tertiary/aromatic N) is 5. The Labute approximate surface area is 164 Å². The van der Waals surface area contributed by atoms with E-state index in [2.05, 4.69) is 10.1 Å². The summed E-state index contributed by atoms with van der Waals surface area (Å²) in [7, 11) is 5.58. The van der Waals surface area contributed by atoms with E-state index in [-0.39, 0.29) is 11.3 Å². The molecule has 1 saturated heterocycles. The fourth-order valence-corrected chi connectivity index (χ4v) is 3.56. The van der Waals surface area contributed by atoms with Gasteiger partial charge < -0.3 is 14.9 Å². The van der Waals surface area contributed by atoms with Gasteiger partial charge in [0, 0.05) is 38.2 Å². The van der Waals surface area contributed by atoms with Gasteiger partial charge in [-0.15, -0.1) is 0 Å². The van der Waals surface area contributed by atoms with Gasteiger partial charge in [-0.1, -0.05) is 0 Å². The van der Waals surface area contributed by atoms with Gasteiger partial charge in [0.2, 0.25) is 0 Å². The van der Waals surface area contributed by atoms with E-state index < -0.39 is 17.7 Å². The number of aliphatic hydroxyl groups excluding tert-OH is 1. The van der Waals surface area contributed by atoms with Crippen LogP contribution < -0.4 is 0 Å². The van der Waals surface area contributed by atoms with Crippen molar-refractivity contribution >= 4 is 17.4 Å². The molecule has 2 aromatic rings. The largest absolute Gasteiger partial charge is 0.507 e. The van der Waals surface area contributed by atoms with Crippen molar-refractivity contribution in [2.24, 2.45) is 7.05 Å². The maximum Gasteiger partial charge on any atom is 0.295 e. The third-order valence-electron chi connectivity index (χ3n) is 5.10. The van der Waals surface area contributed by atoms with Gasteiger partial charge >= 0.3 is 0 Å². The fourth-order valence-electron chi connectivity index (χ4n) is 3.56. The molecule has 0 aliphatic carbocycles. The van der Waals surface area contributed by atoms with Crippen LogP contribution in [0.1, 0.15) is 28.6 Å². The molecule has 3 rings (SSSR count). The van der Waals surface area contributed by atoms with Gasteiger partial charge in [-0.05, 0) is 45.6 Å².